The number of esters is 2. The highest BCUT2D eigenvalue weighted by atomic mass is 35.6. The van der Waals surface area contributed by atoms with E-state index in [4.69, 9.17) is 49.0 Å². The number of rotatable bonds is 13. The highest BCUT2D eigenvalue weighted by molar-refractivity contribution is 6.67. The molecule has 0 aliphatic rings. The number of carbonyl (C=O) groups is 6. The van der Waals surface area contributed by atoms with Crippen molar-refractivity contribution < 1.29 is 43.0 Å². The monoisotopic (exact) mass is 638 g/mol. The van der Waals surface area contributed by atoms with Crippen LogP contribution < -0.4 is 21.3 Å². The topological polar surface area (TPSA) is 178 Å². The molecule has 0 aliphatic heterocycles. The van der Waals surface area contributed by atoms with Crippen molar-refractivity contribution in [2.75, 3.05) is 19.7 Å². The second-order valence-corrected chi connectivity index (χ2v) is 12.1. The number of benzene rings is 1. The first-order valence-electron chi connectivity index (χ1n) is 12.2. The van der Waals surface area contributed by atoms with Gasteiger partial charge in [0.25, 0.3) is 0 Å². The number of halogens is 3. The smallest absolute Gasteiger partial charge is 0.408 e. The van der Waals surface area contributed by atoms with Gasteiger partial charge in [-0.25, -0.2) is 9.59 Å². The predicted octanol–water partition coefficient (Wildman–Crippen LogP) is 1.66. The Labute approximate surface area is 252 Å². The lowest BCUT2D eigenvalue weighted by Crippen LogP contribution is -2.50. The Bertz CT molecular complexity index is 1080. The third kappa shape index (κ3) is 17.2. The zero-order valence-electron chi connectivity index (χ0n) is 22.9. The first-order valence-corrected chi connectivity index (χ1v) is 13.3. The summed E-state index contributed by atoms with van der Waals surface area (Å²) < 4.78 is 13.1. The lowest BCUT2D eigenvalue weighted by molar-refractivity contribution is -0.154. The van der Waals surface area contributed by atoms with Gasteiger partial charge in [0.2, 0.25) is 21.5 Å². The summed E-state index contributed by atoms with van der Waals surface area (Å²) in [5, 5.41) is 9.11. The van der Waals surface area contributed by atoms with Crippen molar-refractivity contribution in [1.29, 1.82) is 0 Å². The fourth-order valence-electron chi connectivity index (χ4n) is 2.77. The minimum atomic E-state index is -1.93. The molecule has 0 aliphatic carbocycles. The van der Waals surface area contributed by atoms with Gasteiger partial charge in [0.05, 0.1) is 19.5 Å². The van der Waals surface area contributed by atoms with Crippen LogP contribution in [-0.2, 0) is 44.8 Å². The molecule has 16 heteroatoms. The number of carbonyl (C=O) groups excluding carboxylic acids is 6. The van der Waals surface area contributed by atoms with Crippen LogP contribution in [-0.4, -0.2) is 76.9 Å². The zero-order chi connectivity index (χ0) is 31.2. The number of nitrogens with one attached hydrogen (secondary N) is 4. The molecule has 0 aromatic heterocycles. The molecule has 0 unspecified atom stereocenters. The quantitative estimate of drug-likeness (QED) is 0.142. The summed E-state index contributed by atoms with van der Waals surface area (Å²) in [5.41, 5.74) is -0.0629. The van der Waals surface area contributed by atoms with Gasteiger partial charge in [-0.15, -0.1) is 0 Å². The molecule has 13 nitrogen and oxygen atoms in total. The molecular formula is C25H33Cl3N4O9. The molecule has 2 atom stereocenters. The van der Waals surface area contributed by atoms with Crippen molar-refractivity contribution in [1.82, 2.24) is 21.3 Å². The Balaban J connectivity index is 2.59. The van der Waals surface area contributed by atoms with Gasteiger partial charge in [0, 0.05) is 0 Å². The van der Waals surface area contributed by atoms with E-state index in [1.165, 1.54) is 6.92 Å². The average Bonchev–Trinajstić information content (AvgIpc) is 2.86. The van der Waals surface area contributed by atoms with Crippen molar-refractivity contribution >= 4 is 70.6 Å². The third-order valence-electron chi connectivity index (χ3n) is 4.61. The molecule has 0 bridgehead atoms. The van der Waals surface area contributed by atoms with E-state index >= 15 is 0 Å². The Morgan fingerprint density at radius 2 is 1.46 bits per heavy atom. The van der Waals surface area contributed by atoms with Gasteiger partial charge in [0.1, 0.15) is 30.9 Å². The largest absolute Gasteiger partial charge is 0.461 e. The van der Waals surface area contributed by atoms with Crippen LogP contribution in [0.15, 0.2) is 30.3 Å². The number of alkyl carbamates (subject to hydrolysis) is 1. The summed E-state index contributed by atoms with van der Waals surface area (Å²) >= 11 is 16.8. The molecule has 0 fully saturated rings. The highest BCUT2D eigenvalue weighted by Gasteiger charge is 2.30. The molecule has 4 N–H and O–H groups in total. The van der Waals surface area contributed by atoms with Crippen LogP contribution in [0.3, 0.4) is 0 Å². The summed E-state index contributed by atoms with van der Waals surface area (Å²) in [5.74, 6) is -4.20. The molecule has 4 amide bonds. The molecule has 0 saturated heterocycles. The normalized spacial score (nSPS) is 12.7. The fourth-order valence-corrected chi connectivity index (χ4v) is 2.93. The summed E-state index contributed by atoms with van der Waals surface area (Å²) in [4.78, 5) is 73.2. The van der Waals surface area contributed by atoms with Crippen LogP contribution in [0.25, 0.3) is 0 Å². The van der Waals surface area contributed by atoms with E-state index in [-0.39, 0.29) is 6.61 Å². The Morgan fingerprint density at radius 1 is 0.854 bits per heavy atom. The summed E-state index contributed by atoms with van der Waals surface area (Å²) in [6, 6.07) is 6.21. The van der Waals surface area contributed by atoms with Gasteiger partial charge in [0.15, 0.2) is 0 Å². The van der Waals surface area contributed by atoms with Crippen LogP contribution in [0.1, 0.15) is 39.7 Å². The van der Waals surface area contributed by atoms with Gasteiger partial charge in [-0.1, -0.05) is 65.1 Å². The van der Waals surface area contributed by atoms with Crippen molar-refractivity contribution in [2.45, 2.75) is 62.2 Å². The van der Waals surface area contributed by atoms with Gasteiger partial charge < -0.3 is 35.5 Å². The molecule has 0 spiro atoms. The zero-order valence-corrected chi connectivity index (χ0v) is 25.2. The van der Waals surface area contributed by atoms with Crippen molar-refractivity contribution in [3.05, 3.63) is 35.9 Å². The SMILES string of the molecule is C[C@H](NC(=O)OC(C)(C)C)C(=O)NCC(=O)NCC(=O)N[C@@H](CC(=O)OCc1ccccc1)C(=O)OCC(Cl)(Cl)Cl. The first kappa shape index (κ1) is 35.7. The van der Waals surface area contributed by atoms with E-state index in [1.807, 2.05) is 0 Å². The molecule has 1 aromatic carbocycles. The molecule has 0 radical (unpaired) electrons. The maximum Gasteiger partial charge on any atom is 0.408 e. The van der Waals surface area contributed by atoms with E-state index in [1.54, 1.807) is 51.1 Å². The predicted molar refractivity (Wildman–Crippen MR) is 149 cm³/mol. The van der Waals surface area contributed by atoms with Gasteiger partial charge in [-0.05, 0) is 33.3 Å². The maximum absolute atomic E-state index is 12.5. The van der Waals surface area contributed by atoms with Gasteiger partial charge in [-0.3, -0.25) is 19.2 Å². The van der Waals surface area contributed by atoms with Gasteiger partial charge >= 0.3 is 18.0 Å². The summed E-state index contributed by atoms with van der Waals surface area (Å²) in [6.45, 7) is 4.49. The molecule has 1 aromatic rings. The van der Waals surface area contributed by atoms with Crippen molar-refractivity contribution in [2.24, 2.45) is 0 Å². The molecule has 41 heavy (non-hydrogen) atoms. The summed E-state index contributed by atoms with van der Waals surface area (Å²) in [6.07, 6.45) is -1.42. The number of alkyl halides is 3. The molecule has 0 heterocycles. The van der Waals surface area contributed by atoms with Crippen molar-refractivity contribution in [3.8, 4) is 0 Å². The minimum Gasteiger partial charge on any atom is -0.461 e. The van der Waals surface area contributed by atoms with Crippen LogP contribution in [0.2, 0.25) is 0 Å². The molecule has 228 valence electrons. The fraction of sp³-hybridized carbons (Fsp3) is 0.520. The van der Waals surface area contributed by atoms with E-state index in [0.29, 0.717) is 5.56 Å². The minimum absolute atomic E-state index is 0.0722. The number of hydrogen-bond acceptors (Lipinski definition) is 9. The standard InChI is InChI=1S/C25H33Cl3N4O9/c1-15(31-23(38)41-24(2,3)4)21(36)30-11-18(33)29-12-19(34)32-17(22(37)40-14-25(26,27)28)10-20(35)39-13-16-8-6-5-7-9-16/h5-9,15,17H,10-14H2,1-4H3,(H,29,33)(H,30,36)(H,31,38)(H,32,34)/t15-,17-/m0/s1. The third-order valence-corrected chi connectivity index (χ3v) is 4.93. The lowest BCUT2D eigenvalue weighted by Gasteiger charge is -2.21. The van der Waals surface area contributed by atoms with Gasteiger partial charge in [-0.2, -0.15) is 0 Å². The van der Waals surface area contributed by atoms with Crippen LogP contribution in [0.4, 0.5) is 4.79 Å². The highest BCUT2D eigenvalue weighted by Crippen LogP contribution is 2.26. The van der Waals surface area contributed by atoms with Crippen LogP contribution in [0.5, 0.6) is 0 Å². The molecule has 0 saturated carbocycles. The lowest BCUT2D eigenvalue weighted by atomic mass is 10.2. The van der Waals surface area contributed by atoms with Crippen LogP contribution >= 0.6 is 34.8 Å². The van der Waals surface area contributed by atoms with E-state index in [0.717, 1.165) is 0 Å². The average molecular weight is 640 g/mol. The molecular weight excluding hydrogens is 607 g/mol. The number of ether oxygens (including phenoxy) is 3. The van der Waals surface area contributed by atoms with E-state index in [2.05, 4.69) is 21.3 Å². The van der Waals surface area contributed by atoms with Crippen LogP contribution in [0, 0.1) is 0 Å². The second kappa shape index (κ2) is 16.8. The second-order valence-electron chi connectivity index (χ2n) is 9.56. The maximum atomic E-state index is 12.5. The summed E-state index contributed by atoms with van der Waals surface area (Å²) in [7, 11) is 0. The van der Waals surface area contributed by atoms with E-state index in [9.17, 15) is 28.8 Å². The Morgan fingerprint density at radius 3 is 2.05 bits per heavy atom. The van der Waals surface area contributed by atoms with E-state index < -0.39 is 83.3 Å². The first-order chi connectivity index (χ1) is 18.9. The Hall–Kier alpha value is -3.29. The van der Waals surface area contributed by atoms with Crippen molar-refractivity contribution in [3.63, 3.8) is 0 Å². The number of amides is 4. The molecule has 1 rings (SSSR count). The number of hydrogen-bond donors (Lipinski definition) is 4. The Kier molecular flexibility index (Phi) is 14.7.